The Bertz CT molecular complexity index is 138. The predicted molar refractivity (Wildman–Crippen MR) is 50.1 cm³/mol. The van der Waals surface area contributed by atoms with E-state index in [0.29, 0.717) is 31.1 Å². The van der Waals surface area contributed by atoms with Gasteiger partial charge < -0.3 is 9.47 Å². The fraction of sp³-hybridized carbons (Fsp3) is 0.750. The Labute approximate surface area is 78.0 Å². The van der Waals surface area contributed by atoms with Gasteiger partial charge >= 0.3 is 5.97 Å². The monoisotopic (exact) mass is 190 g/mol. The molecule has 0 aliphatic heterocycles. The first kappa shape index (κ1) is 11.4. The summed E-state index contributed by atoms with van der Waals surface area (Å²) in [5, 5.41) is 0.477. The molecule has 0 aromatic carbocycles. The lowest BCUT2D eigenvalue weighted by molar-refractivity contribution is -0.142. The third kappa shape index (κ3) is 6.09. The van der Waals surface area contributed by atoms with E-state index in [1.165, 1.54) is 0 Å². The van der Waals surface area contributed by atoms with Gasteiger partial charge in [0.15, 0.2) is 5.05 Å². The largest absolute Gasteiger partial charge is 0.487 e. The van der Waals surface area contributed by atoms with Gasteiger partial charge in [0.05, 0.1) is 19.6 Å². The molecule has 3 nitrogen and oxygen atoms in total. The number of ether oxygens (including phenoxy) is 2. The van der Waals surface area contributed by atoms with Crippen molar-refractivity contribution in [2.75, 3.05) is 13.2 Å². The summed E-state index contributed by atoms with van der Waals surface area (Å²) >= 11 is 4.83. The van der Waals surface area contributed by atoms with Crippen LogP contribution in [0.3, 0.4) is 0 Å². The summed E-state index contributed by atoms with van der Waals surface area (Å²) in [7, 11) is 0. The summed E-state index contributed by atoms with van der Waals surface area (Å²) in [6, 6.07) is 0. The molecule has 70 valence electrons. The number of thiocarbonyl (C=S) groups is 1. The molecule has 0 unspecified atom stereocenters. The molecule has 0 aromatic heterocycles. The van der Waals surface area contributed by atoms with E-state index >= 15 is 0 Å². The van der Waals surface area contributed by atoms with Crippen molar-refractivity contribution in [3.05, 3.63) is 0 Å². The molecule has 0 spiro atoms. The highest BCUT2D eigenvalue weighted by atomic mass is 32.1. The Hall–Kier alpha value is -0.640. The van der Waals surface area contributed by atoms with Gasteiger partial charge in [-0.1, -0.05) is 0 Å². The van der Waals surface area contributed by atoms with Gasteiger partial charge in [0.2, 0.25) is 0 Å². The minimum atomic E-state index is -0.223. The van der Waals surface area contributed by atoms with Crippen molar-refractivity contribution in [1.29, 1.82) is 0 Å². The van der Waals surface area contributed by atoms with E-state index < -0.39 is 0 Å². The number of rotatable bonds is 5. The van der Waals surface area contributed by atoms with Crippen LogP contribution in [0.4, 0.5) is 0 Å². The highest BCUT2D eigenvalue weighted by molar-refractivity contribution is 7.80. The van der Waals surface area contributed by atoms with Crippen molar-refractivity contribution >= 4 is 23.2 Å². The van der Waals surface area contributed by atoms with Crippen molar-refractivity contribution in [3.63, 3.8) is 0 Å². The van der Waals surface area contributed by atoms with Crippen LogP contribution in [0.5, 0.6) is 0 Å². The topological polar surface area (TPSA) is 35.5 Å². The van der Waals surface area contributed by atoms with E-state index in [9.17, 15) is 4.79 Å². The Kier molecular flexibility index (Phi) is 6.66. The average molecular weight is 190 g/mol. The van der Waals surface area contributed by atoms with Crippen molar-refractivity contribution in [3.8, 4) is 0 Å². The molecule has 0 atom stereocenters. The van der Waals surface area contributed by atoms with Crippen LogP contribution in [0.1, 0.15) is 26.7 Å². The van der Waals surface area contributed by atoms with Gasteiger partial charge in [0.1, 0.15) is 0 Å². The lowest BCUT2D eigenvalue weighted by atomic mass is 10.3. The van der Waals surface area contributed by atoms with Crippen LogP contribution in [0, 0.1) is 0 Å². The van der Waals surface area contributed by atoms with Crippen LogP contribution >= 0.6 is 12.2 Å². The molecule has 0 aromatic rings. The van der Waals surface area contributed by atoms with Crippen molar-refractivity contribution in [2.45, 2.75) is 26.7 Å². The zero-order valence-corrected chi connectivity index (χ0v) is 8.28. The molecular formula is C8H14O3S. The molecule has 0 aliphatic carbocycles. The Morgan fingerprint density at radius 1 is 1.17 bits per heavy atom. The fourth-order valence-electron chi connectivity index (χ4n) is 0.670. The van der Waals surface area contributed by atoms with E-state index in [-0.39, 0.29) is 5.97 Å². The standard InChI is InChI=1S/C8H14O3S/c1-3-10-7(9)5-6-8(12)11-4-2/h3-6H2,1-2H3. The summed E-state index contributed by atoms with van der Waals surface area (Å²) in [4.78, 5) is 10.8. The smallest absolute Gasteiger partial charge is 0.306 e. The molecular weight excluding hydrogens is 176 g/mol. The van der Waals surface area contributed by atoms with Gasteiger partial charge in [-0.3, -0.25) is 4.79 Å². The SMILES string of the molecule is CCOC(=O)CCC(=S)OCC. The quantitative estimate of drug-likeness (QED) is 0.488. The van der Waals surface area contributed by atoms with Gasteiger partial charge in [-0.15, -0.1) is 0 Å². The summed E-state index contributed by atoms with van der Waals surface area (Å²) < 4.78 is 9.71. The van der Waals surface area contributed by atoms with Crippen molar-refractivity contribution in [1.82, 2.24) is 0 Å². The van der Waals surface area contributed by atoms with Crippen LogP contribution in [-0.2, 0) is 14.3 Å². The molecule has 0 heterocycles. The predicted octanol–water partition coefficient (Wildman–Crippen LogP) is 1.69. The maximum Gasteiger partial charge on any atom is 0.306 e. The molecule has 0 aliphatic rings. The van der Waals surface area contributed by atoms with Gasteiger partial charge in [0.25, 0.3) is 0 Å². The van der Waals surface area contributed by atoms with E-state index in [2.05, 4.69) is 0 Å². The third-order valence-corrected chi connectivity index (χ3v) is 1.47. The van der Waals surface area contributed by atoms with Crippen LogP contribution in [0.25, 0.3) is 0 Å². The first-order valence-corrected chi connectivity index (χ1v) is 4.42. The molecule has 0 bridgehead atoms. The minimum Gasteiger partial charge on any atom is -0.487 e. The van der Waals surface area contributed by atoms with Crippen LogP contribution in [-0.4, -0.2) is 24.2 Å². The highest BCUT2D eigenvalue weighted by Crippen LogP contribution is 1.97. The van der Waals surface area contributed by atoms with E-state index in [0.717, 1.165) is 0 Å². The van der Waals surface area contributed by atoms with Gasteiger partial charge in [-0.25, -0.2) is 0 Å². The number of hydrogen-bond acceptors (Lipinski definition) is 4. The Balaban J connectivity index is 3.40. The molecule has 12 heavy (non-hydrogen) atoms. The first-order chi connectivity index (χ1) is 5.70. The summed E-state index contributed by atoms with van der Waals surface area (Å²) in [6.07, 6.45) is 0.786. The summed E-state index contributed by atoms with van der Waals surface area (Å²) in [6.45, 7) is 4.61. The maximum absolute atomic E-state index is 10.8. The van der Waals surface area contributed by atoms with E-state index in [1.807, 2.05) is 6.92 Å². The highest BCUT2D eigenvalue weighted by Gasteiger charge is 2.04. The normalized spacial score (nSPS) is 9.17. The third-order valence-electron chi connectivity index (χ3n) is 1.14. The van der Waals surface area contributed by atoms with Crippen LogP contribution in [0.15, 0.2) is 0 Å². The minimum absolute atomic E-state index is 0.223. The molecule has 0 saturated carbocycles. The second-order valence-corrected chi connectivity index (χ2v) is 2.57. The van der Waals surface area contributed by atoms with Gasteiger partial charge in [-0.2, -0.15) is 0 Å². The number of esters is 1. The molecule has 0 rings (SSSR count). The van der Waals surface area contributed by atoms with E-state index in [4.69, 9.17) is 21.7 Å². The molecule has 4 heteroatoms. The zero-order valence-electron chi connectivity index (χ0n) is 7.46. The summed E-state index contributed by atoms with van der Waals surface area (Å²) in [5.74, 6) is -0.223. The van der Waals surface area contributed by atoms with Gasteiger partial charge in [0, 0.05) is 6.42 Å². The maximum atomic E-state index is 10.8. The second kappa shape index (κ2) is 7.03. The number of carbonyl (C=O) groups is 1. The molecule has 0 amide bonds. The zero-order chi connectivity index (χ0) is 9.40. The molecule has 0 N–H and O–H groups in total. The first-order valence-electron chi connectivity index (χ1n) is 4.02. The lowest BCUT2D eigenvalue weighted by Crippen LogP contribution is -2.08. The average Bonchev–Trinajstić information content (AvgIpc) is 2.02. The van der Waals surface area contributed by atoms with Crippen LogP contribution in [0.2, 0.25) is 0 Å². The lowest BCUT2D eigenvalue weighted by Gasteiger charge is -2.03. The summed E-state index contributed by atoms with van der Waals surface area (Å²) in [5.41, 5.74) is 0. The van der Waals surface area contributed by atoms with Crippen molar-refractivity contribution in [2.24, 2.45) is 0 Å². The van der Waals surface area contributed by atoms with Gasteiger partial charge in [-0.05, 0) is 26.1 Å². The van der Waals surface area contributed by atoms with Crippen molar-refractivity contribution < 1.29 is 14.3 Å². The number of carbonyl (C=O) groups excluding carboxylic acids is 1. The van der Waals surface area contributed by atoms with Crippen LogP contribution < -0.4 is 0 Å². The Morgan fingerprint density at radius 3 is 2.25 bits per heavy atom. The number of hydrogen-bond donors (Lipinski definition) is 0. The van der Waals surface area contributed by atoms with E-state index in [1.54, 1.807) is 6.92 Å². The molecule has 0 fully saturated rings. The Morgan fingerprint density at radius 2 is 1.75 bits per heavy atom. The molecule has 0 saturated heterocycles. The fourth-order valence-corrected chi connectivity index (χ4v) is 0.890. The second-order valence-electron chi connectivity index (χ2n) is 2.11. The molecule has 0 radical (unpaired) electrons.